The van der Waals surface area contributed by atoms with Crippen molar-refractivity contribution >= 4 is 5.91 Å². The highest BCUT2D eigenvalue weighted by atomic mass is 16.1. The zero-order valence-corrected chi connectivity index (χ0v) is 12.0. The van der Waals surface area contributed by atoms with Gasteiger partial charge in [-0.25, -0.2) is 0 Å². The van der Waals surface area contributed by atoms with Crippen molar-refractivity contribution in [1.82, 2.24) is 10.2 Å². The third-order valence-corrected chi connectivity index (χ3v) is 2.49. The Morgan fingerprint density at radius 2 is 1.88 bits per heavy atom. The summed E-state index contributed by atoms with van der Waals surface area (Å²) >= 11 is 0. The standard InChI is InChI=1S/C9H18N2O.2C2H6/c1-3-11-6-4-5-9(11)7-10-8(2)12;2*1-2/h9H,3-7H2,1-2H3,(H,10,12);2*1-2H3. The number of nitrogens with one attached hydrogen (secondary N) is 1. The number of hydrogen-bond donors (Lipinski definition) is 1. The van der Waals surface area contributed by atoms with Crippen molar-refractivity contribution in [2.75, 3.05) is 19.6 Å². The maximum Gasteiger partial charge on any atom is 0.216 e. The summed E-state index contributed by atoms with van der Waals surface area (Å²) in [5.74, 6) is 0.0814. The van der Waals surface area contributed by atoms with Crippen LogP contribution < -0.4 is 5.32 Å². The van der Waals surface area contributed by atoms with E-state index in [2.05, 4.69) is 17.1 Å². The molecular formula is C13H30N2O. The van der Waals surface area contributed by atoms with Crippen LogP contribution in [0.1, 0.15) is 54.4 Å². The molecule has 1 rings (SSSR count). The predicted molar refractivity (Wildman–Crippen MR) is 71.6 cm³/mol. The first-order chi connectivity index (χ1) is 7.74. The normalized spacial score (nSPS) is 19.0. The second-order valence-corrected chi connectivity index (χ2v) is 3.36. The molecule has 3 heteroatoms. The Balaban J connectivity index is 0. The summed E-state index contributed by atoms with van der Waals surface area (Å²) in [4.78, 5) is 13.1. The van der Waals surface area contributed by atoms with E-state index >= 15 is 0 Å². The topological polar surface area (TPSA) is 32.3 Å². The van der Waals surface area contributed by atoms with Gasteiger partial charge in [0.15, 0.2) is 0 Å². The Kier molecular flexibility index (Phi) is 13.9. The van der Waals surface area contributed by atoms with Gasteiger partial charge < -0.3 is 5.32 Å². The number of amides is 1. The molecule has 1 unspecified atom stereocenters. The third kappa shape index (κ3) is 7.69. The average Bonchev–Trinajstić information content (AvgIpc) is 2.79. The van der Waals surface area contributed by atoms with Crippen LogP contribution in [0.2, 0.25) is 0 Å². The molecule has 1 aliphatic heterocycles. The van der Waals surface area contributed by atoms with Crippen LogP contribution in [0.5, 0.6) is 0 Å². The number of rotatable bonds is 3. The van der Waals surface area contributed by atoms with E-state index in [1.165, 1.54) is 19.4 Å². The molecule has 0 saturated carbocycles. The van der Waals surface area contributed by atoms with Crippen molar-refractivity contribution in [3.05, 3.63) is 0 Å². The summed E-state index contributed by atoms with van der Waals surface area (Å²) in [6, 6.07) is 0.582. The SMILES string of the molecule is CC.CC.CCN1CCCC1CNC(C)=O. The molecular weight excluding hydrogens is 200 g/mol. The molecule has 1 heterocycles. The van der Waals surface area contributed by atoms with Crippen LogP contribution in [0.25, 0.3) is 0 Å². The van der Waals surface area contributed by atoms with E-state index in [0.29, 0.717) is 6.04 Å². The van der Waals surface area contributed by atoms with Gasteiger partial charge >= 0.3 is 0 Å². The first-order valence-corrected chi connectivity index (χ1v) is 6.72. The highest BCUT2D eigenvalue weighted by Gasteiger charge is 2.22. The quantitative estimate of drug-likeness (QED) is 0.808. The highest BCUT2D eigenvalue weighted by Crippen LogP contribution is 2.15. The second kappa shape index (κ2) is 12.5. The first kappa shape index (κ1) is 17.8. The average molecular weight is 230 g/mol. The van der Waals surface area contributed by atoms with Crippen molar-refractivity contribution in [3.8, 4) is 0 Å². The van der Waals surface area contributed by atoms with Gasteiger partial charge in [-0.15, -0.1) is 0 Å². The zero-order chi connectivity index (χ0) is 13.0. The zero-order valence-electron chi connectivity index (χ0n) is 12.0. The van der Waals surface area contributed by atoms with Gasteiger partial charge in [-0.2, -0.15) is 0 Å². The molecule has 0 bridgehead atoms. The fourth-order valence-electron chi connectivity index (χ4n) is 1.80. The molecule has 1 aliphatic rings. The Morgan fingerprint density at radius 3 is 2.31 bits per heavy atom. The van der Waals surface area contributed by atoms with E-state index in [0.717, 1.165) is 13.1 Å². The van der Waals surface area contributed by atoms with Gasteiger partial charge in [-0.05, 0) is 25.9 Å². The van der Waals surface area contributed by atoms with Crippen LogP contribution in [0.15, 0.2) is 0 Å². The van der Waals surface area contributed by atoms with E-state index < -0.39 is 0 Å². The molecule has 1 N–H and O–H groups in total. The molecule has 1 atom stereocenters. The molecule has 16 heavy (non-hydrogen) atoms. The molecule has 1 saturated heterocycles. The number of nitrogens with zero attached hydrogens (tertiary/aromatic N) is 1. The number of likely N-dealkylation sites (tertiary alicyclic amines) is 1. The van der Waals surface area contributed by atoms with Crippen molar-refractivity contribution in [2.45, 2.75) is 60.4 Å². The Labute approximate surface area is 102 Å². The molecule has 3 nitrogen and oxygen atoms in total. The summed E-state index contributed by atoms with van der Waals surface area (Å²) in [7, 11) is 0. The van der Waals surface area contributed by atoms with Gasteiger partial charge in [0.05, 0.1) is 0 Å². The van der Waals surface area contributed by atoms with Crippen LogP contribution in [0.3, 0.4) is 0 Å². The number of hydrogen-bond acceptors (Lipinski definition) is 2. The van der Waals surface area contributed by atoms with Crippen molar-refractivity contribution < 1.29 is 4.79 Å². The lowest BCUT2D eigenvalue weighted by Crippen LogP contribution is -2.39. The molecule has 0 radical (unpaired) electrons. The minimum absolute atomic E-state index is 0.0814. The first-order valence-electron chi connectivity index (χ1n) is 6.72. The van der Waals surface area contributed by atoms with Gasteiger partial charge in [0.1, 0.15) is 0 Å². The third-order valence-electron chi connectivity index (χ3n) is 2.49. The van der Waals surface area contributed by atoms with Crippen molar-refractivity contribution in [1.29, 1.82) is 0 Å². The van der Waals surface area contributed by atoms with Crippen LogP contribution >= 0.6 is 0 Å². The van der Waals surface area contributed by atoms with Crippen molar-refractivity contribution in [2.24, 2.45) is 0 Å². The Bertz CT molecular complexity index is 160. The fourth-order valence-corrected chi connectivity index (χ4v) is 1.80. The molecule has 1 fully saturated rings. The molecule has 0 aromatic heterocycles. The van der Waals surface area contributed by atoms with E-state index in [4.69, 9.17) is 0 Å². The second-order valence-electron chi connectivity index (χ2n) is 3.36. The molecule has 0 spiro atoms. The van der Waals surface area contributed by atoms with Gasteiger partial charge in [-0.1, -0.05) is 34.6 Å². The number of carbonyl (C=O) groups is 1. The maximum absolute atomic E-state index is 10.7. The molecule has 0 aromatic rings. The summed E-state index contributed by atoms with van der Waals surface area (Å²) < 4.78 is 0. The molecule has 0 aromatic carbocycles. The summed E-state index contributed by atoms with van der Waals surface area (Å²) in [5, 5.41) is 2.87. The van der Waals surface area contributed by atoms with Crippen LogP contribution in [-0.2, 0) is 4.79 Å². The lowest BCUT2D eigenvalue weighted by atomic mass is 10.2. The minimum Gasteiger partial charge on any atom is -0.355 e. The molecule has 1 amide bonds. The van der Waals surface area contributed by atoms with E-state index in [-0.39, 0.29) is 5.91 Å². The molecule has 0 aliphatic carbocycles. The van der Waals surface area contributed by atoms with E-state index in [1.807, 2.05) is 27.7 Å². The van der Waals surface area contributed by atoms with Gasteiger partial charge in [0, 0.05) is 19.5 Å². The minimum atomic E-state index is 0.0814. The van der Waals surface area contributed by atoms with Crippen LogP contribution in [-0.4, -0.2) is 36.5 Å². The fraction of sp³-hybridized carbons (Fsp3) is 0.923. The van der Waals surface area contributed by atoms with Gasteiger partial charge in [0.2, 0.25) is 5.91 Å². The monoisotopic (exact) mass is 230 g/mol. The van der Waals surface area contributed by atoms with Gasteiger partial charge in [-0.3, -0.25) is 9.69 Å². The summed E-state index contributed by atoms with van der Waals surface area (Å²) in [6.45, 7) is 14.9. The lowest BCUT2D eigenvalue weighted by Gasteiger charge is -2.22. The largest absolute Gasteiger partial charge is 0.355 e. The number of carbonyl (C=O) groups excluding carboxylic acids is 1. The maximum atomic E-state index is 10.7. The Hall–Kier alpha value is -0.570. The van der Waals surface area contributed by atoms with E-state index in [9.17, 15) is 4.79 Å². The van der Waals surface area contributed by atoms with Crippen LogP contribution in [0, 0.1) is 0 Å². The lowest BCUT2D eigenvalue weighted by molar-refractivity contribution is -0.119. The van der Waals surface area contributed by atoms with E-state index in [1.54, 1.807) is 6.92 Å². The van der Waals surface area contributed by atoms with Gasteiger partial charge in [0.25, 0.3) is 0 Å². The van der Waals surface area contributed by atoms with Crippen LogP contribution in [0.4, 0.5) is 0 Å². The van der Waals surface area contributed by atoms with Crippen molar-refractivity contribution in [3.63, 3.8) is 0 Å². The number of likely N-dealkylation sites (N-methyl/N-ethyl adjacent to an activating group) is 1. The molecule has 98 valence electrons. The smallest absolute Gasteiger partial charge is 0.216 e. The summed E-state index contributed by atoms with van der Waals surface area (Å²) in [6.07, 6.45) is 2.51. The highest BCUT2D eigenvalue weighted by molar-refractivity contribution is 5.72. The summed E-state index contributed by atoms with van der Waals surface area (Å²) in [5.41, 5.74) is 0. The predicted octanol–water partition coefficient (Wildman–Crippen LogP) is 2.66. The Morgan fingerprint density at radius 1 is 1.31 bits per heavy atom.